The van der Waals surface area contributed by atoms with Gasteiger partial charge in [0.15, 0.2) is 5.58 Å². The molecule has 6 aromatic rings. The smallest absolute Gasteiger partial charge is 0.160 e. The number of pyridine rings is 2. The van der Waals surface area contributed by atoms with Gasteiger partial charge in [0.25, 0.3) is 0 Å². The lowest BCUT2D eigenvalue weighted by molar-refractivity contribution is 0.618. The minimum Gasteiger partial charge on any atom is -0.462 e. The van der Waals surface area contributed by atoms with E-state index in [-0.39, 0.29) is 0 Å². The van der Waals surface area contributed by atoms with E-state index in [4.69, 9.17) is 14.4 Å². The predicted molar refractivity (Wildman–Crippen MR) is 122 cm³/mol. The molecule has 0 N–H and O–H groups in total. The molecule has 0 unspecified atom stereocenters. The van der Waals surface area contributed by atoms with E-state index in [2.05, 4.69) is 66.7 Å². The molecule has 0 amide bonds. The molecule has 142 valence electrons. The molecule has 3 nitrogen and oxygen atoms in total. The van der Waals surface area contributed by atoms with E-state index < -0.39 is 0 Å². The van der Waals surface area contributed by atoms with Crippen molar-refractivity contribution in [3.05, 3.63) is 97.0 Å². The monoisotopic (exact) mass is 386 g/mol. The fraction of sp³-hybridized carbons (Fsp3) is 0.0370. The van der Waals surface area contributed by atoms with Crippen LogP contribution in [0, 0.1) is 6.92 Å². The molecule has 0 atom stereocenters. The first-order chi connectivity index (χ1) is 14.8. The summed E-state index contributed by atoms with van der Waals surface area (Å²) in [5, 5.41) is 4.56. The fourth-order valence-corrected chi connectivity index (χ4v) is 4.14. The number of aromatic nitrogens is 2. The second-order valence-corrected chi connectivity index (χ2v) is 7.60. The van der Waals surface area contributed by atoms with Gasteiger partial charge in [-0.15, -0.1) is 0 Å². The number of hydrogen-bond donors (Lipinski definition) is 0. The molecule has 3 heterocycles. The van der Waals surface area contributed by atoms with Gasteiger partial charge < -0.3 is 4.42 Å². The van der Waals surface area contributed by atoms with Crippen LogP contribution >= 0.6 is 0 Å². The summed E-state index contributed by atoms with van der Waals surface area (Å²) < 4.78 is 5.73. The summed E-state index contributed by atoms with van der Waals surface area (Å²) in [6.07, 6.45) is 3.60. The lowest BCUT2D eigenvalue weighted by Gasteiger charge is -2.10. The molecule has 0 saturated heterocycles. The highest BCUT2D eigenvalue weighted by atomic mass is 16.3. The summed E-state index contributed by atoms with van der Waals surface area (Å²) in [7, 11) is 0. The minimum absolute atomic E-state index is 0.822. The van der Waals surface area contributed by atoms with E-state index in [0.29, 0.717) is 0 Å². The predicted octanol–water partition coefficient (Wildman–Crippen LogP) is 7.17. The fourth-order valence-electron chi connectivity index (χ4n) is 4.14. The molecular weight excluding hydrogens is 368 g/mol. The Hall–Kier alpha value is -3.98. The van der Waals surface area contributed by atoms with E-state index >= 15 is 0 Å². The minimum atomic E-state index is 0.822. The Balaban J connectivity index is 1.57. The first-order valence-electron chi connectivity index (χ1n) is 9.99. The maximum atomic E-state index is 5.73. The lowest BCUT2D eigenvalue weighted by Crippen LogP contribution is -1.90. The summed E-state index contributed by atoms with van der Waals surface area (Å²) in [6, 6.07) is 27.5. The Morgan fingerprint density at radius 3 is 2.53 bits per heavy atom. The van der Waals surface area contributed by atoms with Crippen molar-refractivity contribution in [2.24, 2.45) is 0 Å². The van der Waals surface area contributed by atoms with Gasteiger partial charge in [-0.1, -0.05) is 42.5 Å². The van der Waals surface area contributed by atoms with Crippen LogP contribution in [0.5, 0.6) is 0 Å². The second-order valence-electron chi connectivity index (χ2n) is 7.60. The molecule has 6 rings (SSSR count). The van der Waals surface area contributed by atoms with Gasteiger partial charge in [0, 0.05) is 28.2 Å². The molecule has 0 radical (unpaired) electrons. The van der Waals surface area contributed by atoms with E-state index in [1.165, 1.54) is 16.3 Å². The molecule has 0 aliphatic carbocycles. The van der Waals surface area contributed by atoms with Gasteiger partial charge in [0.2, 0.25) is 0 Å². The van der Waals surface area contributed by atoms with Crippen LogP contribution in [0.15, 0.2) is 95.7 Å². The standard InChI is InChI=1S/C27H18N2O/c1-17-6-9-23-24(15-22-11-13-30-27(22)26(23)29-17)25-16-21(10-12-28-25)20-8-7-18-4-2-3-5-19(18)14-20/h2-16H,1H3. The summed E-state index contributed by atoms with van der Waals surface area (Å²) in [5.74, 6) is 0. The quantitative estimate of drug-likeness (QED) is 0.317. The van der Waals surface area contributed by atoms with Crippen LogP contribution in [0.25, 0.3) is 55.0 Å². The molecule has 0 aliphatic rings. The van der Waals surface area contributed by atoms with Crippen molar-refractivity contribution in [3.8, 4) is 22.4 Å². The van der Waals surface area contributed by atoms with Crippen LogP contribution in [0.3, 0.4) is 0 Å². The summed E-state index contributed by atoms with van der Waals surface area (Å²) in [6.45, 7) is 2.00. The van der Waals surface area contributed by atoms with Gasteiger partial charge in [-0.3, -0.25) is 4.98 Å². The van der Waals surface area contributed by atoms with Gasteiger partial charge in [-0.05, 0) is 65.2 Å². The number of fused-ring (bicyclic) bond motifs is 4. The third kappa shape index (κ3) is 2.67. The zero-order valence-electron chi connectivity index (χ0n) is 16.5. The van der Waals surface area contributed by atoms with E-state index in [1.807, 2.05) is 25.3 Å². The zero-order chi connectivity index (χ0) is 20.1. The molecular formula is C27H18N2O. The van der Waals surface area contributed by atoms with E-state index in [9.17, 15) is 0 Å². The third-order valence-electron chi connectivity index (χ3n) is 5.65. The zero-order valence-corrected chi connectivity index (χ0v) is 16.5. The number of rotatable bonds is 2. The first kappa shape index (κ1) is 16.9. The number of furan rings is 1. The van der Waals surface area contributed by atoms with Crippen molar-refractivity contribution in [2.45, 2.75) is 6.92 Å². The number of hydrogen-bond acceptors (Lipinski definition) is 3. The van der Waals surface area contributed by atoms with Crippen molar-refractivity contribution in [1.29, 1.82) is 0 Å². The first-order valence-corrected chi connectivity index (χ1v) is 9.99. The van der Waals surface area contributed by atoms with Crippen molar-refractivity contribution in [1.82, 2.24) is 9.97 Å². The molecule has 0 bridgehead atoms. The van der Waals surface area contributed by atoms with Gasteiger partial charge in [-0.2, -0.15) is 0 Å². The summed E-state index contributed by atoms with van der Waals surface area (Å²) >= 11 is 0. The van der Waals surface area contributed by atoms with Crippen LogP contribution in [-0.4, -0.2) is 9.97 Å². The highest BCUT2D eigenvalue weighted by molar-refractivity contribution is 6.09. The van der Waals surface area contributed by atoms with E-state index in [1.54, 1.807) is 6.26 Å². The molecule has 0 fully saturated rings. The average Bonchev–Trinajstić information content (AvgIpc) is 3.27. The summed E-state index contributed by atoms with van der Waals surface area (Å²) in [4.78, 5) is 9.46. The SMILES string of the molecule is Cc1ccc2c(-c3cc(-c4ccc5ccccc5c4)ccn3)cc3ccoc3c2n1. The van der Waals surface area contributed by atoms with Crippen LogP contribution in [0.4, 0.5) is 0 Å². The average molecular weight is 386 g/mol. The highest BCUT2D eigenvalue weighted by Crippen LogP contribution is 2.35. The van der Waals surface area contributed by atoms with Crippen LogP contribution < -0.4 is 0 Å². The lowest BCUT2D eigenvalue weighted by atomic mass is 9.98. The molecule has 0 saturated carbocycles. The molecule has 3 aromatic carbocycles. The maximum absolute atomic E-state index is 5.73. The normalized spacial score (nSPS) is 11.5. The molecule has 3 heteroatoms. The number of nitrogens with zero attached hydrogens (tertiary/aromatic N) is 2. The van der Waals surface area contributed by atoms with Crippen LogP contribution in [-0.2, 0) is 0 Å². The van der Waals surface area contributed by atoms with Crippen molar-refractivity contribution in [2.75, 3.05) is 0 Å². The Morgan fingerprint density at radius 1 is 0.733 bits per heavy atom. The third-order valence-corrected chi connectivity index (χ3v) is 5.65. The Bertz CT molecular complexity index is 1560. The van der Waals surface area contributed by atoms with E-state index in [0.717, 1.165) is 44.4 Å². The molecule has 0 spiro atoms. The second kappa shape index (κ2) is 6.53. The maximum Gasteiger partial charge on any atom is 0.160 e. The van der Waals surface area contributed by atoms with Crippen molar-refractivity contribution >= 4 is 32.6 Å². The van der Waals surface area contributed by atoms with Gasteiger partial charge in [-0.25, -0.2) is 4.98 Å². The largest absolute Gasteiger partial charge is 0.462 e. The van der Waals surface area contributed by atoms with Crippen LogP contribution in [0.1, 0.15) is 5.69 Å². The Kier molecular flexibility index (Phi) is 3.68. The topological polar surface area (TPSA) is 38.9 Å². The van der Waals surface area contributed by atoms with Gasteiger partial charge >= 0.3 is 0 Å². The Morgan fingerprint density at radius 2 is 1.60 bits per heavy atom. The van der Waals surface area contributed by atoms with Crippen LogP contribution in [0.2, 0.25) is 0 Å². The van der Waals surface area contributed by atoms with Crippen molar-refractivity contribution < 1.29 is 4.42 Å². The van der Waals surface area contributed by atoms with Crippen molar-refractivity contribution in [3.63, 3.8) is 0 Å². The molecule has 0 aliphatic heterocycles. The Labute approximate surface area is 173 Å². The molecule has 3 aromatic heterocycles. The van der Waals surface area contributed by atoms with Gasteiger partial charge in [0.1, 0.15) is 5.52 Å². The summed E-state index contributed by atoms with van der Waals surface area (Å²) in [5.41, 5.74) is 6.99. The number of aryl methyl sites for hydroxylation is 1. The van der Waals surface area contributed by atoms with Gasteiger partial charge in [0.05, 0.1) is 12.0 Å². The number of benzene rings is 3. The highest BCUT2D eigenvalue weighted by Gasteiger charge is 2.14. The molecule has 30 heavy (non-hydrogen) atoms.